The third-order valence-corrected chi connectivity index (χ3v) is 4.04. The van der Waals surface area contributed by atoms with Crippen molar-refractivity contribution in [2.75, 3.05) is 5.73 Å². The second-order valence-corrected chi connectivity index (χ2v) is 5.47. The number of nitrogens with one attached hydrogen (secondary N) is 2. The van der Waals surface area contributed by atoms with Gasteiger partial charge in [0.15, 0.2) is 0 Å². The highest BCUT2D eigenvalue weighted by atomic mass is 32.2. The molecule has 0 aliphatic carbocycles. The van der Waals surface area contributed by atoms with E-state index in [9.17, 15) is 8.42 Å². The van der Waals surface area contributed by atoms with Crippen LogP contribution in [0.5, 0.6) is 0 Å². The number of H-pyrrole nitrogens is 1. The van der Waals surface area contributed by atoms with E-state index in [1.165, 1.54) is 18.5 Å². The van der Waals surface area contributed by atoms with Gasteiger partial charge in [-0.15, -0.1) is 0 Å². The van der Waals surface area contributed by atoms with Gasteiger partial charge in [0.1, 0.15) is 4.90 Å². The highest BCUT2D eigenvalue weighted by Gasteiger charge is 2.21. The van der Waals surface area contributed by atoms with E-state index in [0.29, 0.717) is 0 Å². The first-order chi connectivity index (χ1) is 8.50. The molecular weight excluding hydrogens is 254 g/mol. The maximum atomic E-state index is 12.1. The third-order valence-electron chi connectivity index (χ3n) is 2.46. The molecule has 2 heterocycles. The number of hydrogen-bond donors (Lipinski definition) is 3. The molecule has 18 heavy (non-hydrogen) atoms. The molecule has 2 rings (SSSR count). The van der Waals surface area contributed by atoms with Gasteiger partial charge in [0, 0.05) is 30.2 Å². The molecule has 0 fully saturated rings. The number of sulfonamides is 1. The predicted molar refractivity (Wildman–Crippen MR) is 66.0 cm³/mol. The van der Waals surface area contributed by atoms with Crippen LogP contribution in [0.15, 0.2) is 35.7 Å². The Hall–Kier alpha value is -1.93. The zero-order chi connectivity index (χ0) is 13.2. The summed E-state index contributed by atoms with van der Waals surface area (Å²) in [5.74, 6) is 0. The molecule has 96 valence electrons. The summed E-state index contributed by atoms with van der Waals surface area (Å²) in [6.45, 7) is 1.72. The molecule has 0 aliphatic heterocycles. The van der Waals surface area contributed by atoms with Gasteiger partial charge in [-0.05, 0) is 13.0 Å². The minimum absolute atomic E-state index is 0.0275. The van der Waals surface area contributed by atoms with Crippen molar-refractivity contribution in [3.8, 4) is 0 Å². The number of nitrogens with two attached hydrogens (primary N) is 1. The van der Waals surface area contributed by atoms with Gasteiger partial charge < -0.3 is 5.73 Å². The highest BCUT2D eigenvalue weighted by molar-refractivity contribution is 7.89. The maximum absolute atomic E-state index is 12.1. The molecule has 7 nitrogen and oxygen atoms in total. The van der Waals surface area contributed by atoms with E-state index in [0.717, 1.165) is 5.56 Å². The zero-order valence-electron chi connectivity index (χ0n) is 9.66. The molecule has 0 aliphatic rings. The van der Waals surface area contributed by atoms with Crippen LogP contribution in [0.2, 0.25) is 0 Å². The van der Waals surface area contributed by atoms with E-state index in [4.69, 9.17) is 5.73 Å². The van der Waals surface area contributed by atoms with Gasteiger partial charge in [-0.2, -0.15) is 5.10 Å². The number of nitrogen functional groups attached to an aromatic ring is 1. The molecule has 8 heteroatoms. The van der Waals surface area contributed by atoms with Crippen LogP contribution in [0.25, 0.3) is 0 Å². The molecular formula is C10H13N5O2S. The molecule has 0 saturated carbocycles. The highest BCUT2D eigenvalue weighted by Crippen LogP contribution is 2.19. The Bertz CT molecular complexity index is 623. The number of pyridine rings is 1. The Morgan fingerprint density at radius 3 is 2.83 bits per heavy atom. The molecule has 0 radical (unpaired) electrons. The Morgan fingerprint density at radius 1 is 1.44 bits per heavy atom. The Kier molecular flexibility index (Phi) is 3.30. The largest absolute Gasteiger partial charge is 0.398 e. The van der Waals surface area contributed by atoms with Crippen molar-refractivity contribution < 1.29 is 8.42 Å². The predicted octanol–water partition coefficient (Wildman–Crippen LogP) is 0.426. The third kappa shape index (κ3) is 2.49. The SMILES string of the molecule is CC(NS(=O)(=O)c1cnccc1N)c1cn[nH]c1. The van der Waals surface area contributed by atoms with E-state index in [2.05, 4.69) is 19.9 Å². The topological polar surface area (TPSA) is 114 Å². The van der Waals surface area contributed by atoms with Gasteiger partial charge in [0.2, 0.25) is 10.0 Å². The van der Waals surface area contributed by atoms with Gasteiger partial charge in [-0.3, -0.25) is 10.1 Å². The van der Waals surface area contributed by atoms with E-state index in [1.54, 1.807) is 19.3 Å². The molecule has 0 bridgehead atoms. The first-order valence-electron chi connectivity index (χ1n) is 5.21. The van der Waals surface area contributed by atoms with Gasteiger partial charge in [-0.1, -0.05) is 0 Å². The summed E-state index contributed by atoms with van der Waals surface area (Å²) in [6, 6.07) is 1.03. The van der Waals surface area contributed by atoms with Crippen molar-refractivity contribution in [1.82, 2.24) is 19.9 Å². The van der Waals surface area contributed by atoms with Gasteiger partial charge >= 0.3 is 0 Å². The number of aromatic nitrogens is 3. The van der Waals surface area contributed by atoms with Crippen LogP contribution in [0.4, 0.5) is 5.69 Å². The number of hydrogen-bond acceptors (Lipinski definition) is 5. The quantitative estimate of drug-likeness (QED) is 0.743. The smallest absolute Gasteiger partial charge is 0.244 e. The van der Waals surface area contributed by atoms with Crippen molar-refractivity contribution in [3.05, 3.63) is 36.4 Å². The first-order valence-corrected chi connectivity index (χ1v) is 6.69. The lowest BCUT2D eigenvalue weighted by Gasteiger charge is -2.13. The molecule has 4 N–H and O–H groups in total. The van der Waals surface area contributed by atoms with E-state index in [-0.39, 0.29) is 10.6 Å². The van der Waals surface area contributed by atoms with E-state index >= 15 is 0 Å². The molecule has 0 saturated heterocycles. The average molecular weight is 267 g/mol. The average Bonchev–Trinajstić information content (AvgIpc) is 2.82. The molecule has 1 atom stereocenters. The van der Waals surface area contributed by atoms with Gasteiger partial charge in [-0.25, -0.2) is 13.1 Å². The number of aromatic amines is 1. The fraction of sp³-hybridized carbons (Fsp3) is 0.200. The fourth-order valence-corrected chi connectivity index (χ4v) is 2.78. The van der Waals surface area contributed by atoms with Crippen LogP contribution in [0.3, 0.4) is 0 Å². The van der Waals surface area contributed by atoms with E-state index in [1.807, 2.05) is 0 Å². The lowest BCUT2D eigenvalue weighted by molar-refractivity contribution is 0.567. The summed E-state index contributed by atoms with van der Waals surface area (Å²) in [5, 5.41) is 6.39. The van der Waals surface area contributed by atoms with Crippen molar-refractivity contribution in [1.29, 1.82) is 0 Å². The Balaban J connectivity index is 2.26. The number of anilines is 1. The number of nitrogens with zero attached hydrogens (tertiary/aromatic N) is 2. The van der Waals surface area contributed by atoms with Crippen molar-refractivity contribution in [2.45, 2.75) is 17.9 Å². The summed E-state index contributed by atoms with van der Waals surface area (Å²) < 4.78 is 26.7. The summed E-state index contributed by atoms with van der Waals surface area (Å²) >= 11 is 0. The number of rotatable bonds is 4. The van der Waals surface area contributed by atoms with E-state index < -0.39 is 16.1 Å². The second-order valence-electron chi connectivity index (χ2n) is 3.79. The van der Waals surface area contributed by atoms with Crippen LogP contribution in [-0.4, -0.2) is 23.6 Å². The zero-order valence-corrected chi connectivity index (χ0v) is 10.5. The summed E-state index contributed by atoms with van der Waals surface area (Å²) in [6.07, 6.45) is 5.84. The van der Waals surface area contributed by atoms with Gasteiger partial charge in [0.05, 0.1) is 11.9 Å². The minimum atomic E-state index is -3.70. The van der Waals surface area contributed by atoms with Crippen LogP contribution in [0, 0.1) is 0 Å². The van der Waals surface area contributed by atoms with Crippen molar-refractivity contribution in [2.24, 2.45) is 0 Å². The van der Waals surface area contributed by atoms with Crippen molar-refractivity contribution >= 4 is 15.7 Å². The molecule has 1 unspecified atom stereocenters. The summed E-state index contributed by atoms with van der Waals surface area (Å²) in [5.41, 5.74) is 6.52. The molecule has 0 spiro atoms. The Morgan fingerprint density at radius 2 is 2.22 bits per heavy atom. The van der Waals surface area contributed by atoms with Gasteiger partial charge in [0.25, 0.3) is 0 Å². The fourth-order valence-electron chi connectivity index (χ4n) is 1.48. The van der Waals surface area contributed by atoms with Crippen LogP contribution < -0.4 is 10.5 Å². The van der Waals surface area contributed by atoms with Crippen LogP contribution in [-0.2, 0) is 10.0 Å². The molecule has 0 aromatic carbocycles. The Labute approximate surface area is 104 Å². The maximum Gasteiger partial charge on any atom is 0.244 e. The molecule has 2 aromatic rings. The van der Waals surface area contributed by atoms with Crippen molar-refractivity contribution in [3.63, 3.8) is 0 Å². The second kappa shape index (κ2) is 4.75. The van der Waals surface area contributed by atoms with Crippen LogP contribution in [0.1, 0.15) is 18.5 Å². The minimum Gasteiger partial charge on any atom is -0.398 e. The first kappa shape index (κ1) is 12.5. The normalized spacial score (nSPS) is 13.4. The molecule has 0 amide bonds. The lowest BCUT2D eigenvalue weighted by atomic mass is 10.2. The molecule has 2 aromatic heterocycles. The van der Waals surface area contributed by atoms with Crippen LogP contribution >= 0.6 is 0 Å². The summed E-state index contributed by atoms with van der Waals surface area (Å²) in [4.78, 5) is 3.74. The monoisotopic (exact) mass is 267 g/mol. The standard InChI is InChI=1S/C10H13N5O2S/c1-7(8-4-13-14-5-8)15-18(16,17)10-6-12-3-2-9(10)11/h2-7,15H,1H3,(H2,11,12)(H,13,14). The summed E-state index contributed by atoms with van der Waals surface area (Å²) in [7, 11) is -3.70. The lowest BCUT2D eigenvalue weighted by Crippen LogP contribution is -2.27.